The van der Waals surface area contributed by atoms with Crippen LogP contribution in [-0.4, -0.2) is 35.8 Å². The van der Waals surface area contributed by atoms with Gasteiger partial charge < -0.3 is 5.21 Å². The van der Waals surface area contributed by atoms with E-state index in [0.29, 0.717) is 0 Å². The highest BCUT2D eigenvalue weighted by Crippen LogP contribution is 2.07. The molecule has 1 N–H and O–H groups in total. The first-order valence-corrected chi connectivity index (χ1v) is 3.06. The van der Waals surface area contributed by atoms with Gasteiger partial charge in [-0.25, -0.2) is 0 Å². The summed E-state index contributed by atoms with van der Waals surface area (Å²) < 4.78 is 4.19. The van der Waals surface area contributed by atoms with Gasteiger partial charge in [-0.2, -0.15) is 5.21 Å². The van der Waals surface area contributed by atoms with Gasteiger partial charge in [-0.05, 0) is 15.5 Å². The fraction of sp³-hybridized carbons (Fsp3) is 0. The predicted octanol–water partition coefficient (Wildman–Crippen LogP) is -0.492. The maximum atomic E-state index is 11.0. The van der Waals surface area contributed by atoms with Crippen LogP contribution in [0.3, 0.4) is 0 Å². The predicted molar refractivity (Wildman–Crippen MR) is 33.9 cm³/mol. The number of nitrogens with one attached hydrogen (secondary N) is 1. The van der Waals surface area contributed by atoms with Gasteiger partial charge in [0, 0.05) is 0 Å². The minimum atomic E-state index is -0.0991. The first-order valence-electron chi connectivity index (χ1n) is 3.06. The van der Waals surface area contributed by atoms with Gasteiger partial charge in [0.05, 0.1) is 0 Å². The molecule has 10 nitrogen and oxygen atoms in total. The standard InChI is InChI=1S/C3H2N8O2/c12-11(2-1-4-13-8-2)7-3-5-9-10-6-3/h1H,(H,5,6,9,10). The van der Waals surface area contributed by atoms with Gasteiger partial charge in [-0.1, -0.05) is 5.10 Å². The van der Waals surface area contributed by atoms with E-state index in [2.05, 4.69) is 40.7 Å². The second-order valence-electron chi connectivity index (χ2n) is 1.85. The minimum Gasteiger partial charge on any atom is -0.690 e. The largest absolute Gasteiger partial charge is 0.690 e. The summed E-state index contributed by atoms with van der Waals surface area (Å²) in [6.07, 6.45) is 1.11. The van der Waals surface area contributed by atoms with E-state index in [4.69, 9.17) is 0 Å². The van der Waals surface area contributed by atoms with E-state index < -0.39 is 0 Å². The Labute approximate surface area is 69.8 Å². The Bertz CT molecular complexity index is 389. The molecule has 2 rings (SSSR count). The van der Waals surface area contributed by atoms with Crippen molar-refractivity contribution < 1.29 is 9.49 Å². The number of aromatic nitrogens is 6. The maximum Gasteiger partial charge on any atom is 0.418 e. The first-order chi connectivity index (χ1) is 6.36. The lowest BCUT2D eigenvalue weighted by molar-refractivity contribution is -0.441. The number of rotatable bonds is 2. The van der Waals surface area contributed by atoms with Crippen LogP contribution >= 0.6 is 0 Å². The van der Waals surface area contributed by atoms with Crippen LogP contribution in [-0.2, 0) is 0 Å². The van der Waals surface area contributed by atoms with Crippen molar-refractivity contribution in [3.05, 3.63) is 11.4 Å². The Morgan fingerprint density at radius 1 is 1.62 bits per heavy atom. The summed E-state index contributed by atoms with van der Waals surface area (Å²) >= 11 is 0. The molecular formula is C3H2N8O2. The molecule has 0 spiro atoms. The highest BCUT2D eigenvalue weighted by atomic mass is 16.6. The minimum absolute atomic E-state index is 0.0928. The van der Waals surface area contributed by atoms with Crippen LogP contribution in [0.4, 0.5) is 11.8 Å². The number of hydrogen-bond donors (Lipinski definition) is 1. The lowest BCUT2D eigenvalue weighted by Crippen LogP contribution is -1.90. The Morgan fingerprint density at radius 3 is 3.15 bits per heavy atom. The number of azo groups is 1. The van der Waals surface area contributed by atoms with Crippen LogP contribution in [0.15, 0.2) is 15.9 Å². The van der Waals surface area contributed by atoms with E-state index in [1.165, 1.54) is 0 Å². The zero-order valence-electron chi connectivity index (χ0n) is 6.02. The third-order valence-electron chi connectivity index (χ3n) is 1.06. The lowest BCUT2D eigenvalue weighted by atomic mass is 10.8. The Hall–Kier alpha value is -2.39. The molecule has 0 aliphatic carbocycles. The molecule has 2 aromatic heterocycles. The molecule has 0 unspecified atom stereocenters. The molecule has 0 fully saturated rings. The Morgan fingerprint density at radius 2 is 2.54 bits per heavy atom. The highest BCUT2D eigenvalue weighted by Gasteiger charge is 2.09. The third kappa shape index (κ3) is 1.45. The van der Waals surface area contributed by atoms with Crippen molar-refractivity contribution in [1.82, 2.24) is 30.9 Å². The summed E-state index contributed by atoms with van der Waals surface area (Å²) in [6, 6.07) is 0. The van der Waals surface area contributed by atoms with Crippen LogP contribution in [0.5, 0.6) is 0 Å². The van der Waals surface area contributed by atoms with Crippen LogP contribution in [0.1, 0.15) is 0 Å². The molecule has 0 saturated heterocycles. The molecule has 0 radical (unpaired) electrons. The van der Waals surface area contributed by atoms with Crippen molar-refractivity contribution in [2.75, 3.05) is 0 Å². The maximum absolute atomic E-state index is 11.0. The number of nitrogens with zero attached hydrogens (tertiary/aromatic N) is 7. The van der Waals surface area contributed by atoms with Crippen LogP contribution in [0, 0.1) is 5.21 Å². The summed E-state index contributed by atoms with van der Waals surface area (Å²) in [5.41, 5.74) is 0. The van der Waals surface area contributed by atoms with Gasteiger partial charge in [0.1, 0.15) is 0 Å². The van der Waals surface area contributed by atoms with Crippen molar-refractivity contribution in [1.29, 1.82) is 0 Å². The molecular weight excluding hydrogens is 180 g/mol. The van der Waals surface area contributed by atoms with Crippen molar-refractivity contribution in [2.24, 2.45) is 5.11 Å². The van der Waals surface area contributed by atoms with E-state index in [-0.39, 0.29) is 16.6 Å². The number of H-pyrrole nitrogens is 1. The molecule has 13 heavy (non-hydrogen) atoms. The van der Waals surface area contributed by atoms with E-state index >= 15 is 0 Å². The quantitative estimate of drug-likeness (QED) is 0.376. The zero-order chi connectivity index (χ0) is 9.10. The van der Waals surface area contributed by atoms with Crippen LogP contribution in [0.25, 0.3) is 0 Å². The highest BCUT2D eigenvalue weighted by molar-refractivity contribution is 5.08. The summed E-state index contributed by atoms with van der Waals surface area (Å²) in [6.45, 7) is 0. The van der Waals surface area contributed by atoms with Crippen molar-refractivity contribution >= 4 is 11.8 Å². The average Bonchev–Trinajstić information content (AvgIpc) is 2.74. The fourth-order valence-corrected chi connectivity index (χ4v) is 0.575. The lowest BCUT2D eigenvalue weighted by Gasteiger charge is -1.94. The van der Waals surface area contributed by atoms with Gasteiger partial charge in [0.25, 0.3) is 0 Å². The molecule has 0 aliphatic rings. The fourth-order valence-electron chi connectivity index (χ4n) is 0.575. The first kappa shape index (κ1) is 7.27. The van der Waals surface area contributed by atoms with E-state index in [9.17, 15) is 5.21 Å². The smallest absolute Gasteiger partial charge is 0.418 e. The van der Waals surface area contributed by atoms with E-state index in [1.54, 1.807) is 0 Å². The van der Waals surface area contributed by atoms with E-state index in [1.807, 2.05) is 0 Å². The number of aromatic amines is 1. The Kier molecular flexibility index (Phi) is 1.63. The van der Waals surface area contributed by atoms with Crippen LogP contribution in [0.2, 0.25) is 0 Å². The summed E-state index contributed by atoms with van der Waals surface area (Å²) in [5.74, 6) is -0.192. The normalized spacial score (nSPS) is 11.8. The summed E-state index contributed by atoms with van der Waals surface area (Å²) in [7, 11) is 0. The van der Waals surface area contributed by atoms with Gasteiger partial charge in [-0.15, -0.1) is 14.6 Å². The number of hydrogen-bond acceptors (Lipinski definition) is 8. The molecule has 66 valence electrons. The molecule has 0 bridgehead atoms. The SMILES string of the molecule is [O-][N+](=Nc1nn[nH]n1)c1cnon1. The molecule has 0 amide bonds. The number of tetrazole rings is 1. The molecule has 0 aromatic carbocycles. The monoisotopic (exact) mass is 182 g/mol. The second kappa shape index (κ2) is 2.92. The van der Waals surface area contributed by atoms with Crippen LogP contribution < -0.4 is 0 Å². The second-order valence-corrected chi connectivity index (χ2v) is 1.85. The average molecular weight is 182 g/mol. The molecule has 0 aliphatic heterocycles. The molecule has 2 heterocycles. The van der Waals surface area contributed by atoms with Gasteiger partial charge >= 0.3 is 11.8 Å². The van der Waals surface area contributed by atoms with E-state index in [0.717, 1.165) is 6.20 Å². The summed E-state index contributed by atoms with van der Waals surface area (Å²) in [4.78, 5) is 0.168. The summed E-state index contributed by atoms with van der Waals surface area (Å²) in [5, 5.41) is 33.1. The molecule has 10 heteroatoms. The van der Waals surface area contributed by atoms with Crippen molar-refractivity contribution in [3.63, 3.8) is 0 Å². The molecule has 0 saturated carbocycles. The third-order valence-corrected chi connectivity index (χ3v) is 1.06. The van der Waals surface area contributed by atoms with Gasteiger partial charge in [-0.3, -0.25) is 0 Å². The van der Waals surface area contributed by atoms with Gasteiger partial charge in [0.15, 0.2) is 11.4 Å². The molecule has 2 aromatic rings. The van der Waals surface area contributed by atoms with Crippen molar-refractivity contribution in [2.45, 2.75) is 0 Å². The zero-order valence-corrected chi connectivity index (χ0v) is 6.02. The Balaban J connectivity index is 2.27. The topological polar surface area (TPSA) is 132 Å². The molecule has 0 atom stereocenters. The van der Waals surface area contributed by atoms with Crippen molar-refractivity contribution in [3.8, 4) is 0 Å². The van der Waals surface area contributed by atoms with Gasteiger partial charge in [0.2, 0.25) is 0 Å².